The number of amides is 2. The summed E-state index contributed by atoms with van der Waals surface area (Å²) < 4.78 is 5.14. The summed E-state index contributed by atoms with van der Waals surface area (Å²) in [4.78, 5) is 35.3. The van der Waals surface area contributed by atoms with Crippen LogP contribution in [0.5, 0.6) is 5.75 Å². The van der Waals surface area contributed by atoms with E-state index in [0.717, 1.165) is 24.1 Å². The third kappa shape index (κ3) is 4.93. The summed E-state index contributed by atoms with van der Waals surface area (Å²) in [6, 6.07) is 9.45. The van der Waals surface area contributed by atoms with Crippen LogP contribution in [0.4, 0.5) is 5.82 Å². The summed E-state index contributed by atoms with van der Waals surface area (Å²) in [5.41, 5.74) is 1.46. The highest BCUT2D eigenvalue weighted by molar-refractivity contribution is 5.92. The fraction of sp³-hybridized carbons (Fsp3) is 0.368. The van der Waals surface area contributed by atoms with Crippen LogP contribution >= 0.6 is 0 Å². The Kier molecular flexibility index (Phi) is 6.19. The molecule has 3 rings (SSSR count). The maximum atomic E-state index is 12.4. The number of carbonyl (C=O) groups excluding carboxylic acids is 2. The van der Waals surface area contributed by atoms with E-state index in [1.54, 1.807) is 18.1 Å². The molecule has 1 aliphatic heterocycles. The molecule has 8 heteroatoms. The Hall–Kier alpha value is -3.16. The van der Waals surface area contributed by atoms with Gasteiger partial charge in [0.05, 0.1) is 7.11 Å². The van der Waals surface area contributed by atoms with Crippen LogP contribution in [0.25, 0.3) is 0 Å². The molecule has 0 saturated carbocycles. The lowest BCUT2D eigenvalue weighted by atomic mass is 10.1. The number of hydrogen-bond acceptors (Lipinski definition) is 6. The van der Waals surface area contributed by atoms with Crippen molar-refractivity contribution in [3.8, 4) is 5.75 Å². The lowest BCUT2D eigenvalue weighted by Gasteiger charge is -2.33. The summed E-state index contributed by atoms with van der Waals surface area (Å²) >= 11 is 0. The fourth-order valence-corrected chi connectivity index (χ4v) is 2.90. The van der Waals surface area contributed by atoms with E-state index in [4.69, 9.17) is 4.74 Å². The topological polar surface area (TPSA) is 87.7 Å². The van der Waals surface area contributed by atoms with E-state index in [1.807, 2.05) is 24.3 Å². The molecule has 0 unspecified atom stereocenters. The van der Waals surface area contributed by atoms with E-state index in [1.165, 1.54) is 6.33 Å². The number of ether oxygens (including phenoxy) is 1. The van der Waals surface area contributed by atoms with E-state index in [9.17, 15) is 9.59 Å². The first-order valence-electron chi connectivity index (χ1n) is 8.87. The Morgan fingerprint density at radius 2 is 1.93 bits per heavy atom. The zero-order chi connectivity index (χ0) is 19.1. The second-order valence-electron chi connectivity index (χ2n) is 6.24. The number of anilines is 1. The van der Waals surface area contributed by atoms with E-state index in [0.29, 0.717) is 44.2 Å². The van der Waals surface area contributed by atoms with Crippen molar-refractivity contribution in [3.63, 3.8) is 0 Å². The zero-order valence-electron chi connectivity index (χ0n) is 15.3. The third-order valence-electron chi connectivity index (χ3n) is 4.53. The van der Waals surface area contributed by atoms with Gasteiger partial charge < -0.3 is 19.9 Å². The molecule has 27 heavy (non-hydrogen) atoms. The van der Waals surface area contributed by atoms with Crippen molar-refractivity contribution in [2.45, 2.75) is 6.42 Å². The van der Waals surface area contributed by atoms with Gasteiger partial charge in [0.25, 0.3) is 5.91 Å². The van der Waals surface area contributed by atoms with Gasteiger partial charge in [-0.3, -0.25) is 9.59 Å². The average molecular weight is 369 g/mol. The van der Waals surface area contributed by atoms with Crippen LogP contribution in [-0.4, -0.2) is 67.0 Å². The van der Waals surface area contributed by atoms with Crippen molar-refractivity contribution in [3.05, 3.63) is 47.9 Å². The Bertz CT molecular complexity index is 773. The minimum Gasteiger partial charge on any atom is -0.497 e. The van der Waals surface area contributed by atoms with Gasteiger partial charge in [-0.15, -0.1) is 0 Å². The monoisotopic (exact) mass is 369 g/mol. The summed E-state index contributed by atoms with van der Waals surface area (Å²) in [6.07, 6.45) is 2.99. The number of piperazine rings is 1. The summed E-state index contributed by atoms with van der Waals surface area (Å²) in [5, 5.41) is 2.89. The number of methoxy groups -OCH3 is 1. The van der Waals surface area contributed by atoms with Crippen molar-refractivity contribution >= 4 is 18.1 Å². The highest BCUT2D eigenvalue weighted by Gasteiger charge is 2.18. The van der Waals surface area contributed by atoms with Crippen molar-refractivity contribution in [2.24, 2.45) is 0 Å². The van der Waals surface area contributed by atoms with Gasteiger partial charge in [0.1, 0.15) is 23.6 Å². The first-order valence-corrected chi connectivity index (χ1v) is 8.87. The van der Waals surface area contributed by atoms with Crippen LogP contribution in [0.3, 0.4) is 0 Å². The Labute approximate surface area is 158 Å². The van der Waals surface area contributed by atoms with E-state index >= 15 is 0 Å². The van der Waals surface area contributed by atoms with E-state index < -0.39 is 0 Å². The highest BCUT2D eigenvalue weighted by atomic mass is 16.5. The molecule has 1 aromatic carbocycles. The Balaban J connectivity index is 1.53. The second kappa shape index (κ2) is 8.98. The predicted molar refractivity (Wildman–Crippen MR) is 101 cm³/mol. The van der Waals surface area contributed by atoms with Crippen LogP contribution in [0.15, 0.2) is 36.7 Å². The molecule has 8 nitrogen and oxygen atoms in total. The lowest BCUT2D eigenvalue weighted by Crippen LogP contribution is -2.46. The molecule has 0 bridgehead atoms. The second-order valence-corrected chi connectivity index (χ2v) is 6.24. The molecule has 1 aliphatic rings. The maximum Gasteiger partial charge on any atom is 0.270 e. The van der Waals surface area contributed by atoms with Crippen LogP contribution in [-0.2, 0) is 11.2 Å². The summed E-state index contributed by atoms with van der Waals surface area (Å²) in [7, 11) is 1.63. The highest BCUT2D eigenvalue weighted by Crippen LogP contribution is 2.14. The zero-order valence-corrected chi connectivity index (χ0v) is 15.3. The average Bonchev–Trinajstić information content (AvgIpc) is 2.74. The van der Waals surface area contributed by atoms with Gasteiger partial charge in [-0.25, -0.2) is 9.97 Å². The van der Waals surface area contributed by atoms with Gasteiger partial charge in [-0.1, -0.05) is 12.1 Å². The summed E-state index contributed by atoms with van der Waals surface area (Å²) in [6.45, 7) is 3.19. The number of rotatable bonds is 7. The maximum absolute atomic E-state index is 12.4. The molecule has 0 radical (unpaired) electrons. The van der Waals surface area contributed by atoms with Crippen molar-refractivity contribution in [1.82, 2.24) is 20.2 Å². The van der Waals surface area contributed by atoms with E-state index in [2.05, 4.69) is 20.2 Å². The quantitative estimate of drug-likeness (QED) is 0.724. The molecule has 2 amide bonds. The fourth-order valence-electron chi connectivity index (χ4n) is 2.90. The molecular weight excluding hydrogens is 346 g/mol. The molecule has 0 atom stereocenters. The molecule has 1 fully saturated rings. The van der Waals surface area contributed by atoms with Crippen molar-refractivity contribution < 1.29 is 14.3 Å². The number of carbonyl (C=O) groups is 2. The Morgan fingerprint density at radius 3 is 2.59 bits per heavy atom. The normalized spacial score (nSPS) is 14.0. The number of hydrogen-bond donors (Lipinski definition) is 1. The van der Waals surface area contributed by atoms with Gasteiger partial charge in [0.2, 0.25) is 6.41 Å². The van der Waals surface area contributed by atoms with Gasteiger partial charge in [0.15, 0.2) is 0 Å². The molecule has 142 valence electrons. The standard InChI is InChI=1S/C19H23N5O3/c1-27-16-4-2-15(3-5-16)6-7-20-19(26)17-12-18(22-13-21-17)24-10-8-23(14-25)9-11-24/h2-5,12-14H,6-11H2,1H3,(H,20,26). The van der Waals surface area contributed by atoms with Gasteiger partial charge >= 0.3 is 0 Å². The van der Waals surface area contributed by atoms with Gasteiger partial charge in [0, 0.05) is 38.8 Å². The van der Waals surface area contributed by atoms with Crippen LogP contribution in [0, 0.1) is 0 Å². The van der Waals surface area contributed by atoms with Crippen LogP contribution in [0.2, 0.25) is 0 Å². The predicted octanol–water partition coefficient (Wildman–Crippen LogP) is 0.736. The third-order valence-corrected chi connectivity index (χ3v) is 4.53. The molecule has 1 saturated heterocycles. The smallest absolute Gasteiger partial charge is 0.270 e. The minimum absolute atomic E-state index is 0.223. The number of nitrogens with zero attached hydrogens (tertiary/aromatic N) is 4. The summed E-state index contributed by atoms with van der Waals surface area (Å²) in [5.74, 6) is 1.29. The first kappa shape index (κ1) is 18.6. The molecular formula is C19H23N5O3. The van der Waals surface area contributed by atoms with Crippen molar-refractivity contribution in [1.29, 1.82) is 0 Å². The molecule has 0 aliphatic carbocycles. The SMILES string of the molecule is COc1ccc(CCNC(=O)c2cc(N3CCN(C=O)CC3)ncn2)cc1. The Morgan fingerprint density at radius 1 is 1.19 bits per heavy atom. The van der Waals surface area contributed by atoms with Gasteiger partial charge in [-0.05, 0) is 24.1 Å². The molecule has 1 aromatic heterocycles. The van der Waals surface area contributed by atoms with Gasteiger partial charge in [-0.2, -0.15) is 0 Å². The number of nitrogens with one attached hydrogen (secondary N) is 1. The lowest BCUT2D eigenvalue weighted by molar-refractivity contribution is -0.118. The molecule has 0 spiro atoms. The largest absolute Gasteiger partial charge is 0.497 e. The van der Waals surface area contributed by atoms with Crippen LogP contribution < -0.4 is 15.0 Å². The number of benzene rings is 1. The molecule has 1 N–H and O–H groups in total. The molecule has 2 heterocycles. The van der Waals surface area contributed by atoms with Crippen LogP contribution in [0.1, 0.15) is 16.1 Å². The van der Waals surface area contributed by atoms with Crippen molar-refractivity contribution in [2.75, 3.05) is 44.7 Å². The van der Waals surface area contributed by atoms with E-state index in [-0.39, 0.29) is 5.91 Å². The minimum atomic E-state index is -0.223. The molecule has 2 aromatic rings. The number of aromatic nitrogens is 2. The first-order chi connectivity index (χ1) is 13.2.